The van der Waals surface area contributed by atoms with Gasteiger partial charge in [-0.1, -0.05) is 138 Å². The second-order valence-electron chi connectivity index (χ2n) is 7.44. The van der Waals surface area contributed by atoms with Crippen LogP contribution in [0.1, 0.15) is 114 Å². The number of unbranched alkanes of at least 4 members (excludes halogenated alkanes) is 13. The summed E-state index contributed by atoms with van der Waals surface area (Å²) in [7, 11) is 0. The van der Waals surface area contributed by atoms with Crippen LogP contribution >= 0.6 is 15.9 Å². The third kappa shape index (κ3) is 14.0. The van der Waals surface area contributed by atoms with E-state index in [2.05, 4.69) is 22.9 Å². The lowest BCUT2D eigenvalue weighted by Crippen LogP contribution is -1.90. The number of halogens is 1. The molecule has 0 saturated heterocycles. The van der Waals surface area contributed by atoms with Crippen LogP contribution in [0.15, 0.2) is 24.3 Å². The number of alkyl halides is 1. The van der Waals surface area contributed by atoms with E-state index in [0.29, 0.717) is 10.6 Å². The predicted molar refractivity (Wildman–Crippen MR) is 126 cm³/mol. The molecule has 1 unspecified atom stereocenters. The van der Waals surface area contributed by atoms with Gasteiger partial charge in [-0.15, -0.1) is 0 Å². The molecule has 3 heteroatoms. The standard InChI is InChI=1S/C23H39BrO.H2S/c1-2-3-4-5-6-7-8-9-10-11-12-13-14-15-16-23(24)21-17-19-22(25)20-18-21;/h17-20,23,25H,2-16H2,1H3;1H2/p+1. The largest absolute Gasteiger partial charge is 0.508 e. The normalized spacial score (nSPS) is 11.9. The second-order valence-corrected chi connectivity index (χ2v) is 8.55. The van der Waals surface area contributed by atoms with Crippen molar-refractivity contribution in [3.63, 3.8) is 0 Å². The van der Waals surface area contributed by atoms with E-state index in [1.54, 1.807) is 12.1 Å². The maximum absolute atomic E-state index is 9.33. The highest BCUT2D eigenvalue weighted by Gasteiger charge is 2.06. The Morgan fingerprint density at radius 3 is 1.50 bits per heavy atom. The molecule has 1 aromatic rings. The summed E-state index contributed by atoms with van der Waals surface area (Å²) in [6.45, 7) is 2.29. The molecule has 0 aromatic heterocycles. The Morgan fingerprint density at radius 2 is 1.08 bits per heavy atom. The van der Waals surface area contributed by atoms with E-state index in [1.165, 1.54) is 102 Å². The summed E-state index contributed by atoms with van der Waals surface area (Å²) >= 11 is 3.77. The number of hydrogen-bond donors (Lipinski definition) is 1. The molecule has 0 aliphatic heterocycles. The van der Waals surface area contributed by atoms with E-state index in [-0.39, 0.29) is 13.5 Å². The lowest BCUT2D eigenvalue weighted by Gasteiger charge is -2.10. The highest BCUT2D eigenvalue weighted by molar-refractivity contribution is 9.09. The van der Waals surface area contributed by atoms with Crippen LogP contribution in [0, 0.1) is 0 Å². The first-order valence-corrected chi connectivity index (χ1v) is 11.6. The van der Waals surface area contributed by atoms with Crippen molar-refractivity contribution in [2.75, 3.05) is 0 Å². The number of benzene rings is 1. The van der Waals surface area contributed by atoms with Gasteiger partial charge in [0.05, 0.1) is 0 Å². The predicted octanol–water partition coefficient (Wildman–Crippen LogP) is 7.89. The summed E-state index contributed by atoms with van der Waals surface area (Å²) in [5.74, 6) is 0.347. The average Bonchev–Trinajstić information content (AvgIpc) is 2.62. The Balaban J connectivity index is 0.00000625. The quantitative estimate of drug-likeness (QED) is 0.155. The minimum Gasteiger partial charge on any atom is -0.508 e. The van der Waals surface area contributed by atoms with E-state index < -0.39 is 0 Å². The van der Waals surface area contributed by atoms with Gasteiger partial charge in [0.25, 0.3) is 0 Å². The smallest absolute Gasteiger partial charge is 0.115 e. The van der Waals surface area contributed by atoms with Gasteiger partial charge in [0.1, 0.15) is 5.75 Å². The van der Waals surface area contributed by atoms with Crippen molar-refractivity contribution < 1.29 is 5.11 Å². The zero-order valence-electron chi connectivity index (χ0n) is 16.9. The Hall–Kier alpha value is -0.150. The minimum atomic E-state index is 0. The fraction of sp³-hybridized carbons (Fsp3) is 0.739. The zero-order chi connectivity index (χ0) is 18.2. The summed E-state index contributed by atoms with van der Waals surface area (Å²) < 4.78 is 0. The molecule has 152 valence electrons. The van der Waals surface area contributed by atoms with Gasteiger partial charge in [-0.2, -0.15) is 0 Å². The van der Waals surface area contributed by atoms with Gasteiger partial charge in [-0.05, 0) is 24.1 Å². The van der Waals surface area contributed by atoms with Gasteiger partial charge in [0.2, 0.25) is 0 Å². The van der Waals surface area contributed by atoms with Crippen LogP contribution in [-0.2, 0) is 13.5 Å². The number of phenols is 1. The van der Waals surface area contributed by atoms with Crippen molar-refractivity contribution in [2.24, 2.45) is 0 Å². The third-order valence-corrected chi connectivity index (χ3v) is 6.05. The molecule has 0 aliphatic carbocycles. The third-order valence-electron chi connectivity index (χ3n) is 5.07. The minimum absolute atomic E-state index is 0. The number of hydrogen-bond acceptors (Lipinski definition) is 1. The van der Waals surface area contributed by atoms with E-state index in [4.69, 9.17) is 0 Å². The maximum atomic E-state index is 9.33. The molecule has 0 spiro atoms. The molecule has 26 heavy (non-hydrogen) atoms. The molecule has 1 N–H and O–H groups in total. The lowest BCUT2D eigenvalue weighted by atomic mass is 10.0. The first-order chi connectivity index (χ1) is 12.2. The second kappa shape index (κ2) is 18.2. The molecule has 0 amide bonds. The molecule has 0 bridgehead atoms. The monoisotopic (exact) mass is 445 g/mol. The highest BCUT2D eigenvalue weighted by atomic mass is 79.9. The van der Waals surface area contributed by atoms with Gasteiger partial charge in [-0.3, -0.25) is 0 Å². The summed E-state index contributed by atoms with van der Waals surface area (Å²) in [6, 6.07) is 7.57. The molecule has 0 fully saturated rings. The van der Waals surface area contributed by atoms with Gasteiger partial charge < -0.3 is 5.11 Å². The Bertz CT molecular complexity index is 407. The van der Waals surface area contributed by atoms with Crippen molar-refractivity contribution in [3.05, 3.63) is 29.8 Å². The highest BCUT2D eigenvalue weighted by Crippen LogP contribution is 2.29. The van der Waals surface area contributed by atoms with Gasteiger partial charge in [-0.25, -0.2) is 0 Å². The van der Waals surface area contributed by atoms with Crippen LogP contribution in [-0.4, -0.2) is 5.11 Å². The van der Waals surface area contributed by atoms with Crippen molar-refractivity contribution in [1.29, 1.82) is 0 Å². The van der Waals surface area contributed by atoms with E-state index >= 15 is 0 Å². The topological polar surface area (TPSA) is 20.2 Å². The van der Waals surface area contributed by atoms with Crippen molar-refractivity contribution in [1.82, 2.24) is 0 Å². The lowest BCUT2D eigenvalue weighted by molar-refractivity contribution is 0.475. The molecule has 0 radical (unpaired) electrons. The summed E-state index contributed by atoms with van der Waals surface area (Å²) in [5.41, 5.74) is 1.27. The van der Waals surface area contributed by atoms with Crippen molar-refractivity contribution in [2.45, 2.75) is 108 Å². The van der Waals surface area contributed by atoms with E-state index in [9.17, 15) is 5.11 Å². The van der Waals surface area contributed by atoms with Crippen LogP contribution in [0.25, 0.3) is 0 Å². The molecular formula is C23H42BrOS+. The summed E-state index contributed by atoms with van der Waals surface area (Å²) in [5, 5.41) is 9.33. The number of rotatable bonds is 16. The molecule has 0 heterocycles. The molecule has 1 rings (SSSR count). The average molecular weight is 447 g/mol. The molecule has 1 nitrogen and oxygen atoms in total. The number of phenolic OH excluding ortho intramolecular Hbond substituents is 1. The van der Waals surface area contributed by atoms with Gasteiger partial charge >= 0.3 is 0 Å². The summed E-state index contributed by atoms with van der Waals surface area (Å²) in [4.78, 5) is 0.422. The van der Waals surface area contributed by atoms with Crippen LogP contribution in [0.2, 0.25) is 0 Å². The van der Waals surface area contributed by atoms with E-state index in [1.807, 2.05) is 12.1 Å². The Labute approximate surface area is 177 Å². The van der Waals surface area contributed by atoms with Crippen molar-refractivity contribution >= 4 is 29.4 Å². The first-order valence-electron chi connectivity index (χ1n) is 10.7. The van der Waals surface area contributed by atoms with E-state index in [0.717, 1.165) is 0 Å². The molecular weight excluding hydrogens is 404 g/mol. The van der Waals surface area contributed by atoms with Crippen molar-refractivity contribution in [3.8, 4) is 5.75 Å². The zero-order valence-corrected chi connectivity index (χ0v) is 19.6. The molecule has 0 saturated carbocycles. The molecule has 1 atom stereocenters. The maximum Gasteiger partial charge on any atom is 0.115 e. The van der Waals surface area contributed by atoms with Gasteiger partial charge in [0.15, 0.2) is 0 Å². The molecule has 1 aromatic carbocycles. The summed E-state index contributed by atoms with van der Waals surface area (Å²) in [6.07, 6.45) is 20.9. The first kappa shape index (κ1) is 25.9. The van der Waals surface area contributed by atoms with Crippen LogP contribution in [0.4, 0.5) is 0 Å². The number of aromatic hydroxyl groups is 1. The molecule has 0 aliphatic rings. The fourth-order valence-corrected chi connectivity index (χ4v) is 4.00. The Morgan fingerprint density at radius 1 is 0.692 bits per heavy atom. The van der Waals surface area contributed by atoms with Gasteiger partial charge in [0, 0.05) is 4.83 Å². The van der Waals surface area contributed by atoms with Crippen LogP contribution < -0.4 is 0 Å². The fourth-order valence-electron chi connectivity index (χ4n) is 3.37. The van der Waals surface area contributed by atoms with Crippen LogP contribution in [0.3, 0.4) is 0 Å². The SMILES string of the molecule is CCCCCCCCCCCCCCCCC(Br)c1ccc(O)cc1.[SH3+]. The van der Waals surface area contributed by atoms with Crippen LogP contribution in [0.5, 0.6) is 5.75 Å². The Kier molecular flexibility index (Phi) is 18.1.